The Morgan fingerprint density at radius 1 is 1.50 bits per heavy atom. The third-order valence-electron chi connectivity index (χ3n) is 3.37. The molecular weight excluding hydrogens is 256 g/mol. The molecule has 0 aliphatic heterocycles. The van der Waals surface area contributed by atoms with Crippen LogP contribution in [0.2, 0.25) is 0 Å². The molecule has 2 atom stereocenters. The zero-order valence-corrected chi connectivity index (χ0v) is 10.8. The summed E-state index contributed by atoms with van der Waals surface area (Å²) >= 11 is 0. The van der Waals surface area contributed by atoms with E-state index in [1.54, 1.807) is 0 Å². The van der Waals surface area contributed by atoms with E-state index in [9.17, 15) is 13.5 Å². The Morgan fingerprint density at radius 2 is 2.22 bits per heavy atom. The maximum absolute atomic E-state index is 12.1. The Hall–Kier alpha value is -1.12. The van der Waals surface area contributed by atoms with Crippen LogP contribution in [0.4, 0.5) is 5.82 Å². The van der Waals surface area contributed by atoms with Crippen molar-refractivity contribution in [1.82, 2.24) is 14.9 Å². The van der Waals surface area contributed by atoms with Gasteiger partial charge in [-0.25, -0.2) is 13.1 Å². The number of anilines is 1. The van der Waals surface area contributed by atoms with Gasteiger partial charge in [-0.1, -0.05) is 12.8 Å². The summed E-state index contributed by atoms with van der Waals surface area (Å²) in [6.07, 6.45) is 4.75. The minimum absolute atomic E-state index is 0.00590. The van der Waals surface area contributed by atoms with Crippen LogP contribution in [-0.2, 0) is 10.0 Å². The van der Waals surface area contributed by atoms with Crippen LogP contribution < -0.4 is 10.5 Å². The molecule has 1 aromatic rings. The highest BCUT2D eigenvalue weighted by molar-refractivity contribution is 7.89. The largest absolute Gasteiger partial charge is 0.396 e. The van der Waals surface area contributed by atoms with Gasteiger partial charge in [-0.3, -0.25) is 5.10 Å². The molecule has 0 amide bonds. The first-order valence-corrected chi connectivity index (χ1v) is 7.45. The van der Waals surface area contributed by atoms with Crippen molar-refractivity contribution in [1.29, 1.82) is 0 Å². The SMILES string of the molecule is Nc1[nH]ncc1S(=O)(=O)NC1CCCCC1CO. The highest BCUT2D eigenvalue weighted by Gasteiger charge is 2.30. The number of nitrogens with one attached hydrogen (secondary N) is 2. The molecule has 0 saturated heterocycles. The second-order valence-electron chi connectivity index (χ2n) is 4.60. The van der Waals surface area contributed by atoms with Gasteiger partial charge in [0.2, 0.25) is 10.0 Å². The lowest BCUT2D eigenvalue weighted by molar-refractivity contribution is 0.164. The van der Waals surface area contributed by atoms with Gasteiger partial charge in [0.25, 0.3) is 0 Å². The first-order chi connectivity index (χ1) is 8.54. The van der Waals surface area contributed by atoms with Crippen molar-refractivity contribution < 1.29 is 13.5 Å². The van der Waals surface area contributed by atoms with Gasteiger partial charge in [-0.05, 0) is 18.8 Å². The minimum atomic E-state index is -3.67. The number of nitrogens with two attached hydrogens (primary N) is 1. The number of aliphatic hydroxyl groups excluding tert-OH is 1. The van der Waals surface area contributed by atoms with Gasteiger partial charge in [-0.2, -0.15) is 5.10 Å². The second-order valence-corrected chi connectivity index (χ2v) is 6.29. The maximum Gasteiger partial charge on any atom is 0.246 e. The van der Waals surface area contributed by atoms with Crippen molar-refractivity contribution in [3.8, 4) is 0 Å². The summed E-state index contributed by atoms with van der Waals surface area (Å²) in [6, 6.07) is -0.233. The standard InChI is InChI=1S/C10H18N4O3S/c11-10-9(5-12-13-10)18(16,17)14-8-4-2-1-3-7(8)6-15/h5,7-8,14-15H,1-4,6H2,(H3,11,12,13). The Bertz CT molecular complexity index is 499. The molecule has 7 nitrogen and oxygen atoms in total. The van der Waals surface area contributed by atoms with E-state index in [2.05, 4.69) is 14.9 Å². The lowest BCUT2D eigenvalue weighted by Gasteiger charge is -2.30. The van der Waals surface area contributed by atoms with Gasteiger partial charge >= 0.3 is 0 Å². The molecule has 0 radical (unpaired) electrons. The van der Waals surface area contributed by atoms with Crippen molar-refractivity contribution in [3.63, 3.8) is 0 Å². The normalized spacial score (nSPS) is 25.2. The van der Waals surface area contributed by atoms with Gasteiger partial charge in [0.05, 0.1) is 6.20 Å². The number of rotatable bonds is 4. The smallest absolute Gasteiger partial charge is 0.246 e. The van der Waals surface area contributed by atoms with Crippen molar-refractivity contribution in [2.24, 2.45) is 5.92 Å². The molecule has 1 saturated carbocycles. The molecule has 1 aliphatic rings. The summed E-state index contributed by atoms with van der Waals surface area (Å²) in [6.45, 7) is -0.00590. The predicted molar refractivity (Wildman–Crippen MR) is 66.2 cm³/mol. The monoisotopic (exact) mass is 274 g/mol. The molecule has 8 heteroatoms. The lowest BCUT2D eigenvalue weighted by Crippen LogP contribution is -2.43. The second kappa shape index (κ2) is 5.25. The minimum Gasteiger partial charge on any atom is -0.396 e. The van der Waals surface area contributed by atoms with Crippen molar-refractivity contribution in [3.05, 3.63) is 6.20 Å². The number of aliphatic hydroxyl groups is 1. The fraction of sp³-hybridized carbons (Fsp3) is 0.700. The fourth-order valence-electron chi connectivity index (χ4n) is 2.34. The highest BCUT2D eigenvalue weighted by atomic mass is 32.2. The molecule has 1 aromatic heterocycles. The first-order valence-electron chi connectivity index (χ1n) is 5.96. The van der Waals surface area contributed by atoms with Gasteiger partial charge in [-0.15, -0.1) is 0 Å². The quantitative estimate of drug-likeness (QED) is 0.607. The summed E-state index contributed by atoms with van der Waals surface area (Å²) in [5, 5.41) is 15.3. The Balaban J connectivity index is 2.15. The fourth-order valence-corrected chi connectivity index (χ4v) is 3.71. The topological polar surface area (TPSA) is 121 Å². The maximum atomic E-state index is 12.1. The van der Waals surface area contributed by atoms with Crippen LogP contribution in [0.5, 0.6) is 0 Å². The Labute approximate surface area is 106 Å². The average molecular weight is 274 g/mol. The van der Waals surface area contributed by atoms with Crippen LogP contribution in [0.1, 0.15) is 25.7 Å². The number of H-pyrrole nitrogens is 1. The van der Waals surface area contributed by atoms with Crippen LogP contribution >= 0.6 is 0 Å². The van der Waals surface area contributed by atoms with Crippen LogP contribution in [0.3, 0.4) is 0 Å². The number of nitrogens with zero attached hydrogens (tertiary/aromatic N) is 1. The number of aromatic amines is 1. The van der Waals surface area contributed by atoms with Gasteiger partial charge in [0, 0.05) is 12.6 Å². The average Bonchev–Trinajstić information content (AvgIpc) is 2.76. The van der Waals surface area contributed by atoms with Crippen molar-refractivity contribution in [2.75, 3.05) is 12.3 Å². The van der Waals surface area contributed by atoms with E-state index < -0.39 is 10.0 Å². The van der Waals surface area contributed by atoms with Crippen LogP contribution in [0, 0.1) is 5.92 Å². The molecule has 2 rings (SSSR count). The number of nitrogen functional groups attached to an aromatic ring is 1. The van der Waals surface area contributed by atoms with E-state index in [0.29, 0.717) is 0 Å². The Kier molecular flexibility index (Phi) is 3.88. The molecular formula is C10H18N4O3S. The zero-order valence-electron chi connectivity index (χ0n) is 9.96. The molecule has 0 spiro atoms. The van der Waals surface area contributed by atoms with E-state index in [4.69, 9.17) is 5.73 Å². The summed E-state index contributed by atoms with van der Waals surface area (Å²) in [5.74, 6) is 0.000471. The molecule has 2 unspecified atom stereocenters. The summed E-state index contributed by atoms with van der Waals surface area (Å²) < 4.78 is 26.8. The molecule has 5 N–H and O–H groups in total. The lowest BCUT2D eigenvalue weighted by atomic mass is 9.86. The summed E-state index contributed by atoms with van der Waals surface area (Å²) in [5.41, 5.74) is 5.51. The first kappa shape index (κ1) is 13.3. The molecule has 102 valence electrons. The molecule has 1 fully saturated rings. The highest BCUT2D eigenvalue weighted by Crippen LogP contribution is 2.26. The molecule has 1 heterocycles. The van der Waals surface area contributed by atoms with Crippen LogP contribution in [0.15, 0.2) is 11.1 Å². The van der Waals surface area contributed by atoms with Gasteiger partial charge in [0.15, 0.2) is 0 Å². The van der Waals surface area contributed by atoms with Gasteiger partial charge < -0.3 is 10.8 Å². The predicted octanol–water partition coefficient (Wildman–Crippen LogP) is -0.179. The molecule has 0 aromatic carbocycles. The van der Waals surface area contributed by atoms with E-state index in [1.807, 2.05) is 0 Å². The van der Waals surface area contributed by atoms with Crippen LogP contribution in [0.25, 0.3) is 0 Å². The number of hydrogen-bond acceptors (Lipinski definition) is 5. The molecule has 0 bridgehead atoms. The van der Waals surface area contributed by atoms with Gasteiger partial charge in [0.1, 0.15) is 10.7 Å². The van der Waals surface area contributed by atoms with Crippen molar-refractivity contribution >= 4 is 15.8 Å². The van der Waals surface area contributed by atoms with E-state index in [1.165, 1.54) is 6.20 Å². The molecule has 18 heavy (non-hydrogen) atoms. The Morgan fingerprint density at radius 3 is 2.83 bits per heavy atom. The summed E-state index contributed by atoms with van der Waals surface area (Å²) in [7, 11) is -3.67. The zero-order chi connectivity index (χ0) is 13.2. The van der Waals surface area contributed by atoms with E-state index in [-0.39, 0.29) is 29.3 Å². The number of sulfonamides is 1. The van der Waals surface area contributed by atoms with Crippen LogP contribution in [-0.4, -0.2) is 36.4 Å². The van der Waals surface area contributed by atoms with E-state index >= 15 is 0 Å². The third-order valence-corrected chi connectivity index (χ3v) is 4.89. The number of hydrogen-bond donors (Lipinski definition) is 4. The van der Waals surface area contributed by atoms with E-state index in [0.717, 1.165) is 25.7 Å². The summed E-state index contributed by atoms with van der Waals surface area (Å²) in [4.78, 5) is -0.0373. The van der Waals surface area contributed by atoms with Crippen molar-refractivity contribution in [2.45, 2.75) is 36.6 Å². The molecule has 1 aliphatic carbocycles. The number of aromatic nitrogens is 2. The third kappa shape index (κ3) is 2.65.